The van der Waals surface area contributed by atoms with Crippen molar-refractivity contribution >= 4 is 5.57 Å². The number of hydrogen-bond donors (Lipinski definition) is 0. The number of nitrogens with zero attached hydrogens (tertiary/aromatic N) is 2. The van der Waals surface area contributed by atoms with Crippen LogP contribution >= 0.6 is 0 Å². The van der Waals surface area contributed by atoms with Gasteiger partial charge in [0.2, 0.25) is 0 Å². The van der Waals surface area contributed by atoms with Gasteiger partial charge in [0.25, 0.3) is 0 Å². The van der Waals surface area contributed by atoms with E-state index in [1.54, 1.807) is 0 Å². The van der Waals surface area contributed by atoms with Crippen LogP contribution in [-0.4, -0.2) is 30.0 Å². The monoisotopic (exact) mass is 234 g/mol. The zero-order chi connectivity index (χ0) is 11.5. The summed E-state index contributed by atoms with van der Waals surface area (Å²) in [5.41, 5.74) is 3.81. The lowest BCUT2D eigenvalue weighted by atomic mass is 10.0. The molecule has 0 amide bonds. The predicted molar refractivity (Wildman–Crippen MR) is 77.3 cm³/mol. The Morgan fingerprint density at radius 3 is 2.65 bits per heavy atom. The Kier molecular flexibility index (Phi) is 4.88. The lowest BCUT2D eigenvalue weighted by Crippen LogP contribution is -2.25. The smallest absolute Gasteiger partial charge is 0.0671 e. The molecule has 0 N–H and O–H groups in total. The molecular weight excluding hydrogens is 208 g/mol. The molecular formula is C15H26N2. The summed E-state index contributed by atoms with van der Waals surface area (Å²) in [6.45, 7) is 6.58. The molecule has 0 bridgehead atoms. The molecule has 0 fully saturated rings. The van der Waals surface area contributed by atoms with Gasteiger partial charge in [0, 0.05) is 20.7 Å². The first-order valence-electron chi connectivity index (χ1n) is 6.00. The quantitative estimate of drug-likeness (QED) is 0.773. The summed E-state index contributed by atoms with van der Waals surface area (Å²) in [6.07, 6.45) is 5.46. The van der Waals surface area contributed by atoms with E-state index >= 15 is 0 Å². The van der Waals surface area contributed by atoms with Crippen molar-refractivity contribution in [3.8, 4) is 0 Å². The summed E-state index contributed by atoms with van der Waals surface area (Å²) in [4.78, 5) is 6.90. The third-order valence-corrected chi connectivity index (χ3v) is 3.12. The van der Waals surface area contributed by atoms with Crippen LogP contribution in [0.2, 0.25) is 0 Å². The zero-order valence-corrected chi connectivity index (χ0v) is 10.4. The lowest BCUT2D eigenvalue weighted by molar-refractivity contribution is 0.372. The van der Waals surface area contributed by atoms with Crippen LogP contribution in [0.1, 0.15) is 46.3 Å². The van der Waals surface area contributed by atoms with Gasteiger partial charge in [-0.1, -0.05) is 33.4 Å². The van der Waals surface area contributed by atoms with Crippen LogP contribution in [0.3, 0.4) is 0 Å². The zero-order valence-electron chi connectivity index (χ0n) is 10.4. The van der Waals surface area contributed by atoms with Crippen molar-refractivity contribution in [2.24, 2.45) is 0 Å². The van der Waals surface area contributed by atoms with E-state index in [1.807, 2.05) is 6.20 Å². The third kappa shape index (κ3) is 3.40. The maximum atomic E-state index is 4.56. The Morgan fingerprint density at radius 1 is 1.35 bits per heavy atom. The number of hydrogen-bond acceptors (Lipinski definition) is 2. The molecule has 0 aromatic carbocycles. The molecule has 0 unspecified atom stereocenters. The molecule has 1 aliphatic rings. The highest BCUT2D eigenvalue weighted by Crippen LogP contribution is 2.20. The standard InChI is InChI=1S/C14H20N2.CH4.H2/c1-11(2)12-6-7-14(15-9-12)13-5-4-8-16(3)10-13;;/h5-7,9,11H,4,8,10H2,1-3H3;1H4;1H. The van der Waals surface area contributed by atoms with Gasteiger partial charge in [-0.25, -0.2) is 0 Å². The molecule has 0 spiro atoms. The fraction of sp³-hybridized carbons (Fsp3) is 0.533. The van der Waals surface area contributed by atoms with Crippen LogP contribution in [0.5, 0.6) is 0 Å². The van der Waals surface area contributed by atoms with Crippen molar-refractivity contribution in [2.45, 2.75) is 33.6 Å². The van der Waals surface area contributed by atoms with Crippen LogP contribution in [0, 0.1) is 0 Å². The Balaban J connectivity index is 0.00000144. The first-order chi connectivity index (χ1) is 7.66. The van der Waals surface area contributed by atoms with Crippen molar-refractivity contribution in [2.75, 3.05) is 20.1 Å². The van der Waals surface area contributed by atoms with E-state index in [2.05, 4.69) is 49.0 Å². The van der Waals surface area contributed by atoms with Gasteiger partial charge in [-0.3, -0.25) is 4.98 Å². The van der Waals surface area contributed by atoms with E-state index in [1.165, 1.54) is 11.1 Å². The van der Waals surface area contributed by atoms with Gasteiger partial charge >= 0.3 is 0 Å². The van der Waals surface area contributed by atoms with E-state index in [9.17, 15) is 0 Å². The number of aromatic nitrogens is 1. The van der Waals surface area contributed by atoms with Crippen LogP contribution < -0.4 is 0 Å². The molecule has 1 aromatic heterocycles. The molecule has 2 rings (SSSR count). The molecule has 0 aliphatic carbocycles. The fourth-order valence-electron chi connectivity index (χ4n) is 2.02. The average molecular weight is 234 g/mol. The first kappa shape index (κ1) is 13.9. The normalized spacial score (nSPS) is 16.6. The highest BCUT2D eigenvalue weighted by Gasteiger charge is 2.11. The van der Waals surface area contributed by atoms with Gasteiger partial charge in [-0.05, 0) is 36.6 Å². The van der Waals surface area contributed by atoms with Crippen LogP contribution in [0.15, 0.2) is 24.4 Å². The molecule has 0 saturated carbocycles. The van der Waals surface area contributed by atoms with Gasteiger partial charge in [0.05, 0.1) is 5.69 Å². The minimum Gasteiger partial charge on any atom is -0.302 e. The summed E-state index contributed by atoms with van der Waals surface area (Å²) in [7, 11) is 2.16. The van der Waals surface area contributed by atoms with Gasteiger partial charge in [0.15, 0.2) is 0 Å². The van der Waals surface area contributed by atoms with Gasteiger partial charge < -0.3 is 4.90 Å². The van der Waals surface area contributed by atoms with Crippen molar-refractivity contribution in [1.82, 2.24) is 9.88 Å². The Hall–Kier alpha value is -1.15. The Morgan fingerprint density at radius 2 is 2.12 bits per heavy atom. The maximum Gasteiger partial charge on any atom is 0.0671 e. The highest BCUT2D eigenvalue weighted by molar-refractivity contribution is 5.64. The van der Waals surface area contributed by atoms with E-state index in [0.717, 1.165) is 25.2 Å². The van der Waals surface area contributed by atoms with Crippen LogP contribution in [0.4, 0.5) is 0 Å². The SMILES string of the molecule is C.CC(C)c1ccc(C2=CCCN(C)C2)nc1.[HH]. The van der Waals surface area contributed by atoms with Gasteiger partial charge in [-0.15, -0.1) is 0 Å². The van der Waals surface area contributed by atoms with E-state index in [0.29, 0.717) is 5.92 Å². The van der Waals surface area contributed by atoms with Crippen LogP contribution in [0.25, 0.3) is 5.57 Å². The largest absolute Gasteiger partial charge is 0.302 e. The maximum absolute atomic E-state index is 4.56. The lowest BCUT2D eigenvalue weighted by Gasteiger charge is -2.22. The Labute approximate surface area is 107 Å². The molecule has 0 saturated heterocycles. The highest BCUT2D eigenvalue weighted by atomic mass is 15.1. The first-order valence-corrected chi connectivity index (χ1v) is 6.00. The topological polar surface area (TPSA) is 16.1 Å². The number of rotatable bonds is 2. The second kappa shape index (κ2) is 5.97. The minimum absolute atomic E-state index is 0. The van der Waals surface area contributed by atoms with Crippen molar-refractivity contribution in [1.29, 1.82) is 0 Å². The molecule has 17 heavy (non-hydrogen) atoms. The second-order valence-corrected chi connectivity index (χ2v) is 4.89. The number of likely N-dealkylation sites (N-methyl/N-ethyl adjacent to an activating group) is 1. The number of pyridine rings is 1. The van der Waals surface area contributed by atoms with Crippen LogP contribution in [-0.2, 0) is 0 Å². The van der Waals surface area contributed by atoms with E-state index in [4.69, 9.17) is 0 Å². The van der Waals surface area contributed by atoms with E-state index in [-0.39, 0.29) is 8.85 Å². The summed E-state index contributed by atoms with van der Waals surface area (Å²) < 4.78 is 0. The van der Waals surface area contributed by atoms with Gasteiger partial charge in [-0.2, -0.15) is 0 Å². The molecule has 0 radical (unpaired) electrons. The van der Waals surface area contributed by atoms with Crippen molar-refractivity contribution in [3.05, 3.63) is 35.7 Å². The molecule has 1 aliphatic heterocycles. The Bertz CT molecular complexity index is 382. The molecule has 2 heterocycles. The minimum atomic E-state index is 0. The molecule has 2 nitrogen and oxygen atoms in total. The molecule has 2 heteroatoms. The summed E-state index contributed by atoms with van der Waals surface area (Å²) >= 11 is 0. The summed E-state index contributed by atoms with van der Waals surface area (Å²) in [5.74, 6) is 0.560. The second-order valence-electron chi connectivity index (χ2n) is 4.89. The predicted octanol–water partition coefficient (Wildman–Crippen LogP) is 3.81. The van der Waals surface area contributed by atoms with Crippen molar-refractivity contribution < 1.29 is 1.43 Å². The van der Waals surface area contributed by atoms with Gasteiger partial charge in [0.1, 0.15) is 0 Å². The van der Waals surface area contributed by atoms with E-state index < -0.39 is 0 Å². The molecule has 1 aromatic rings. The third-order valence-electron chi connectivity index (χ3n) is 3.12. The molecule has 0 atom stereocenters. The average Bonchev–Trinajstić information content (AvgIpc) is 2.29. The van der Waals surface area contributed by atoms with Crippen molar-refractivity contribution in [3.63, 3.8) is 0 Å². The molecule has 96 valence electrons. The summed E-state index contributed by atoms with van der Waals surface area (Å²) in [5, 5.41) is 0. The summed E-state index contributed by atoms with van der Waals surface area (Å²) in [6, 6.07) is 4.35. The fourth-order valence-corrected chi connectivity index (χ4v) is 2.02.